The third-order valence-electron chi connectivity index (χ3n) is 3.61. The van der Waals surface area contributed by atoms with Gasteiger partial charge in [-0.2, -0.15) is 43.9 Å². The van der Waals surface area contributed by atoms with Crippen LogP contribution in [0.15, 0.2) is 0 Å². The Balaban J connectivity index is 6.00. The van der Waals surface area contributed by atoms with E-state index in [4.69, 9.17) is 0 Å². The fourth-order valence-electron chi connectivity index (χ4n) is 2.16. The van der Waals surface area contributed by atoms with Gasteiger partial charge in [-0.25, -0.2) is 4.39 Å². The van der Waals surface area contributed by atoms with E-state index < -0.39 is 39.7 Å². The van der Waals surface area contributed by atoms with Crippen molar-refractivity contribution in [2.24, 2.45) is 0 Å². The van der Waals surface area contributed by atoms with Crippen molar-refractivity contribution in [1.82, 2.24) is 0 Å². The van der Waals surface area contributed by atoms with Crippen LogP contribution in [-0.2, 0) is 0 Å². The van der Waals surface area contributed by atoms with Crippen molar-refractivity contribution >= 4 is 22.6 Å². The van der Waals surface area contributed by atoms with Gasteiger partial charge in [-0.3, -0.25) is 0 Å². The molecule has 0 saturated carbocycles. The Morgan fingerprint density at radius 1 is 0.680 bits per heavy atom. The lowest BCUT2D eigenvalue weighted by molar-refractivity contribution is -0.412. The van der Waals surface area contributed by atoms with E-state index in [0.717, 1.165) is 6.92 Å². The number of rotatable bonds is 8. The van der Waals surface area contributed by atoms with E-state index in [-0.39, 0.29) is 12.8 Å². The minimum absolute atomic E-state index is 0.172. The summed E-state index contributed by atoms with van der Waals surface area (Å²) in [5, 5.41) is 0. The molecule has 0 aromatic heterocycles. The molecular weight excluding hydrogens is 492 g/mol. The molecule has 0 aliphatic rings. The molecule has 2 atom stereocenters. The highest BCUT2D eigenvalue weighted by molar-refractivity contribution is 14.1. The molecule has 0 aliphatic heterocycles. The fourth-order valence-corrected chi connectivity index (χ4v) is 3.06. The molecule has 0 aliphatic carbocycles. The molecule has 12 heteroatoms. The quantitative estimate of drug-likeness (QED) is 0.140. The van der Waals surface area contributed by atoms with Gasteiger partial charge in [0.15, 0.2) is 0 Å². The molecule has 0 spiro atoms. The van der Waals surface area contributed by atoms with E-state index >= 15 is 0 Å². The molecule has 0 amide bonds. The van der Waals surface area contributed by atoms with E-state index in [1.807, 2.05) is 0 Å². The van der Waals surface area contributed by atoms with Crippen molar-refractivity contribution in [3.63, 3.8) is 0 Å². The number of unbranched alkanes of at least 4 members (excludes halogenated alkanes) is 2. The van der Waals surface area contributed by atoms with E-state index in [2.05, 4.69) is 0 Å². The lowest BCUT2D eigenvalue weighted by atomic mass is 9.81. The number of hydrogen-bond acceptors (Lipinski definition) is 0. The Kier molecular flexibility index (Phi) is 7.52. The number of hydrogen-bond donors (Lipinski definition) is 0. The third-order valence-corrected chi connectivity index (χ3v) is 4.53. The first-order chi connectivity index (χ1) is 10.8. The standard InChI is InChI=1S/C13H16F11I/c1-3-4-5-6-8(2,25)7-9(14,12(19,20)21)10(15,16)11(17,18)13(22,23)24/h3-7H2,1-2H3. The Bertz CT molecular complexity index is 438. The molecule has 0 heterocycles. The van der Waals surface area contributed by atoms with Gasteiger partial charge in [-0.15, -0.1) is 0 Å². The third kappa shape index (κ3) is 5.02. The summed E-state index contributed by atoms with van der Waals surface area (Å²) >= 11 is 1.17. The van der Waals surface area contributed by atoms with Crippen LogP contribution in [0, 0.1) is 0 Å². The topological polar surface area (TPSA) is 0 Å². The lowest BCUT2D eigenvalue weighted by Crippen LogP contribution is -2.68. The normalized spacial score (nSPS) is 19.4. The zero-order valence-corrected chi connectivity index (χ0v) is 15.2. The van der Waals surface area contributed by atoms with Gasteiger partial charge >= 0.3 is 24.2 Å². The highest BCUT2D eigenvalue weighted by atomic mass is 127. The van der Waals surface area contributed by atoms with E-state index in [0.29, 0.717) is 12.8 Å². The van der Waals surface area contributed by atoms with Crippen LogP contribution < -0.4 is 0 Å². The maximum Gasteiger partial charge on any atom is 0.460 e. The molecule has 0 radical (unpaired) electrons. The average Bonchev–Trinajstić information content (AvgIpc) is 2.35. The summed E-state index contributed by atoms with van der Waals surface area (Å²) < 4.78 is 141. The predicted molar refractivity (Wildman–Crippen MR) is 77.0 cm³/mol. The lowest BCUT2D eigenvalue weighted by Gasteiger charge is -2.42. The predicted octanol–water partition coefficient (Wildman–Crippen LogP) is 7.25. The zero-order valence-electron chi connectivity index (χ0n) is 13.1. The van der Waals surface area contributed by atoms with Crippen molar-refractivity contribution in [2.75, 3.05) is 0 Å². The van der Waals surface area contributed by atoms with Gasteiger partial charge < -0.3 is 0 Å². The van der Waals surface area contributed by atoms with E-state index in [1.165, 1.54) is 22.6 Å². The molecule has 152 valence electrons. The van der Waals surface area contributed by atoms with Crippen LogP contribution in [0.5, 0.6) is 0 Å². The van der Waals surface area contributed by atoms with Gasteiger partial charge in [-0.1, -0.05) is 55.7 Å². The van der Waals surface area contributed by atoms with Crippen LogP contribution in [0.1, 0.15) is 46.0 Å². The first kappa shape index (κ1) is 25.0. The number of halogens is 12. The second kappa shape index (κ2) is 7.53. The molecule has 0 bridgehead atoms. The van der Waals surface area contributed by atoms with Gasteiger partial charge in [0.2, 0.25) is 0 Å². The maximum absolute atomic E-state index is 14.2. The van der Waals surface area contributed by atoms with Crippen LogP contribution in [-0.4, -0.2) is 33.3 Å². The van der Waals surface area contributed by atoms with Gasteiger partial charge in [0.1, 0.15) is 0 Å². The van der Waals surface area contributed by atoms with E-state index in [9.17, 15) is 48.3 Å². The minimum atomic E-state index is -7.19. The molecule has 0 nitrogen and oxygen atoms in total. The van der Waals surface area contributed by atoms with Crippen LogP contribution in [0.25, 0.3) is 0 Å². The van der Waals surface area contributed by atoms with Gasteiger partial charge in [0.05, 0.1) is 0 Å². The Morgan fingerprint density at radius 2 is 1.12 bits per heavy atom. The summed E-state index contributed by atoms with van der Waals surface area (Å²) in [6.07, 6.45) is -15.0. The van der Waals surface area contributed by atoms with Crippen molar-refractivity contribution in [1.29, 1.82) is 0 Å². The first-order valence-corrected chi connectivity index (χ1v) is 8.11. The monoisotopic (exact) mass is 508 g/mol. The van der Waals surface area contributed by atoms with Crippen molar-refractivity contribution in [3.05, 3.63) is 0 Å². The smallest absolute Gasteiger partial charge is 0.227 e. The highest BCUT2D eigenvalue weighted by Gasteiger charge is 2.86. The molecule has 0 rings (SSSR count). The number of alkyl halides is 12. The summed E-state index contributed by atoms with van der Waals surface area (Å²) in [7, 11) is 0. The van der Waals surface area contributed by atoms with Crippen LogP contribution in [0.4, 0.5) is 48.3 Å². The molecule has 0 fully saturated rings. The SMILES string of the molecule is CCCCCC(C)(I)CC(F)(C(F)(F)F)C(F)(F)C(F)(F)C(F)(F)F. The van der Waals surface area contributed by atoms with Crippen molar-refractivity contribution < 1.29 is 48.3 Å². The first-order valence-electron chi connectivity index (χ1n) is 7.04. The fraction of sp³-hybridized carbons (Fsp3) is 1.00. The van der Waals surface area contributed by atoms with Crippen LogP contribution in [0.3, 0.4) is 0 Å². The summed E-state index contributed by atoms with van der Waals surface area (Å²) in [6.45, 7) is 2.60. The van der Waals surface area contributed by atoms with Gasteiger partial charge in [-0.05, 0) is 6.42 Å². The molecule has 0 aromatic rings. The molecule has 2 unspecified atom stereocenters. The molecule has 0 N–H and O–H groups in total. The van der Waals surface area contributed by atoms with Crippen molar-refractivity contribution in [3.8, 4) is 0 Å². The van der Waals surface area contributed by atoms with Gasteiger partial charge in [0.25, 0.3) is 5.67 Å². The Morgan fingerprint density at radius 3 is 1.44 bits per heavy atom. The summed E-state index contributed by atoms with van der Waals surface area (Å²) in [4.78, 5) is 0. The highest BCUT2D eigenvalue weighted by Crippen LogP contribution is 2.60. The second-order valence-electron chi connectivity index (χ2n) is 5.99. The molecular formula is C13H16F11I. The van der Waals surface area contributed by atoms with Crippen LogP contribution in [0.2, 0.25) is 0 Å². The summed E-state index contributed by atoms with van der Waals surface area (Å²) in [5.74, 6) is -14.2. The maximum atomic E-state index is 14.2. The Labute approximate surface area is 150 Å². The summed E-state index contributed by atoms with van der Waals surface area (Å²) in [6, 6.07) is 0. The van der Waals surface area contributed by atoms with Gasteiger partial charge in [0, 0.05) is 9.84 Å². The zero-order chi connectivity index (χ0) is 20.5. The minimum Gasteiger partial charge on any atom is -0.227 e. The molecule has 0 saturated heterocycles. The van der Waals surface area contributed by atoms with Crippen molar-refractivity contribution in [2.45, 2.75) is 79.2 Å². The molecule has 25 heavy (non-hydrogen) atoms. The average molecular weight is 508 g/mol. The Hall–Kier alpha value is -0.0400. The molecule has 0 aromatic carbocycles. The van der Waals surface area contributed by atoms with E-state index in [1.54, 1.807) is 6.92 Å². The second-order valence-corrected chi connectivity index (χ2v) is 8.60. The summed E-state index contributed by atoms with van der Waals surface area (Å²) in [5.41, 5.74) is -6.05. The van der Waals surface area contributed by atoms with Crippen LogP contribution >= 0.6 is 22.6 Å². The largest absolute Gasteiger partial charge is 0.460 e.